The highest BCUT2D eigenvalue weighted by Gasteiger charge is 2.43. The van der Waals surface area contributed by atoms with Gasteiger partial charge in [-0.25, -0.2) is 0 Å². The summed E-state index contributed by atoms with van der Waals surface area (Å²) in [4.78, 5) is 33.1. The van der Waals surface area contributed by atoms with Gasteiger partial charge in [0.2, 0.25) is 5.76 Å². The largest absolute Gasteiger partial charge is 0.450 e. The van der Waals surface area contributed by atoms with Gasteiger partial charge in [-0.3, -0.25) is 14.6 Å². The summed E-state index contributed by atoms with van der Waals surface area (Å²) in [5, 5.41) is 0.843. The molecule has 5 rings (SSSR count). The van der Waals surface area contributed by atoms with E-state index >= 15 is 0 Å². The van der Waals surface area contributed by atoms with Gasteiger partial charge >= 0.3 is 0 Å². The maximum atomic E-state index is 13.5. The molecule has 3 heterocycles. The van der Waals surface area contributed by atoms with Crippen LogP contribution in [0.15, 0.2) is 70.0 Å². The Morgan fingerprint density at radius 3 is 2.55 bits per heavy atom. The van der Waals surface area contributed by atoms with Gasteiger partial charge in [-0.2, -0.15) is 0 Å². The average Bonchev–Trinajstić information content (AvgIpc) is 3.04. The van der Waals surface area contributed by atoms with Crippen LogP contribution in [-0.2, 0) is 6.54 Å². The molecule has 0 bridgehead atoms. The molecule has 0 fully saturated rings. The van der Waals surface area contributed by atoms with Crippen LogP contribution in [0.4, 0.5) is 0 Å². The van der Waals surface area contributed by atoms with Crippen molar-refractivity contribution in [1.29, 1.82) is 0 Å². The fraction of sp³-hybridized carbons (Fsp3) is 0.160. The molecule has 154 valence electrons. The first-order chi connectivity index (χ1) is 14.9. The standard InChI is InChI=1S/C25H19ClN2O3/c1-14-6-8-16(9-7-14)13-28-22(19-5-3-4-10-27-19)21-23(29)17-12-18(26)15(2)11-20(17)31-24(21)25(28)30/h3-12,22H,13H2,1-2H3. The first-order valence-corrected chi connectivity index (χ1v) is 10.4. The number of pyridine rings is 1. The number of nitrogens with zero attached hydrogens (tertiary/aromatic N) is 2. The Morgan fingerprint density at radius 1 is 1.06 bits per heavy atom. The molecule has 0 saturated carbocycles. The molecule has 4 aromatic rings. The van der Waals surface area contributed by atoms with E-state index < -0.39 is 6.04 Å². The Balaban J connectivity index is 1.73. The van der Waals surface area contributed by atoms with Gasteiger partial charge in [-0.1, -0.05) is 47.5 Å². The molecule has 6 heteroatoms. The lowest BCUT2D eigenvalue weighted by atomic mass is 10.0. The quantitative estimate of drug-likeness (QED) is 0.448. The summed E-state index contributed by atoms with van der Waals surface area (Å²) in [6.45, 7) is 4.18. The van der Waals surface area contributed by atoms with Crippen molar-refractivity contribution < 1.29 is 9.21 Å². The number of hydrogen-bond acceptors (Lipinski definition) is 4. The Morgan fingerprint density at radius 2 is 1.84 bits per heavy atom. The monoisotopic (exact) mass is 430 g/mol. The van der Waals surface area contributed by atoms with Crippen LogP contribution in [0.1, 0.15) is 44.5 Å². The second kappa shape index (κ2) is 7.36. The van der Waals surface area contributed by atoms with Crippen molar-refractivity contribution in [3.63, 3.8) is 0 Å². The number of amides is 1. The third kappa shape index (κ3) is 3.22. The molecule has 0 N–H and O–H groups in total. The third-order valence-electron chi connectivity index (χ3n) is 5.69. The number of rotatable bonds is 3. The molecule has 1 unspecified atom stereocenters. The first-order valence-electron chi connectivity index (χ1n) is 9.98. The van der Waals surface area contributed by atoms with E-state index in [4.69, 9.17) is 16.0 Å². The predicted molar refractivity (Wildman–Crippen MR) is 119 cm³/mol. The first kappa shape index (κ1) is 19.5. The molecule has 0 aliphatic carbocycles. The van der Waals surface area contributed by atoms with Crippen molar-refractivity contribution in [1.82, 2.24) is 9.88 Å². The smallest absolute Gasteiger partial charge is 0.291 e. The van der Waals surface area contributed by atoms with E-state index in [1.807, 2.05) is 50.2 Å². The Hall–Kier alpha value is -3.44. The minimum Gasteiger partial charge on any atom is -0.450 e. The van der Waals surface area contributed by atoms with Crippen molar-refractivity contribution in [2.75, 3.05) is 0 Å². The summed E-state index contributed by atoms with van der Waals surface area (Å²) in [6, 6.07) is 16.1. The second-order valence-corrected chi connectivity index (χ2v) is 8.25. The molecule has 0 saturated heterocycles. The van der Waals surface area contributed by atoms with Crippen molar-refractivity contribution in [2.45, 2.75) is 26.4 Å². The van der Waals surface area contributed by atoms with Crippen molar-refractivity contribution >= 4 is 28.5 Å². The molecular formula is C25H19ClN2O3. The normalized spacial score (nSPS) is 15.5. The van der Waals surface area contributed by atoms with Gasteiger partial charge in [-0.15, -0.1) is 0 Å². The zero-order chi connectivity index (χ0) is 21.7. The van der Waals surface area contributed by atoms with Crippen LogP contribution in [0, 0.1) is 13.8 Å². The van der Waals surface area contributed by atoms with Crippen LogP contribution >= 0.6 is 11.6 Å². The summed E-state index contributed by atoms with van der Waals surface area (Å²) < 4.78 is 5.99. The van der Waals surface area contributed by atoms with Crippen molar-refractivity contribution in [3.05, 3.63) is 110 Å². The maximum absolute atomic E-state index is 13.5. The fourth-order valence-corrected chi connectivity index (χ4v) is 4.20. The Kier molecular flexibility index (Phi) is 4.63. The lowest BCUT2D eigenvalue weighted by molar-refractivity contribution is 0.0712. The number of carbonyl (C=O) groups is 1. The van der Waals surface area contributed by atoms with E-state index in [1.54, 1.807) is 29.3 Å². The van der Waals surface area contributed by atoms with Gasteiger partial charge in [0.1, 0.15) is 11.6 Å². The minimum atomic E-state index is -0.634. The number of halogens is 1. The fourth-order valence-electron chi connectivity index (χ4n) is 4.04. The van der Waals surface area contributed by atoms with E-state index in [0.717, 1.165) is 16.7 Å². The molecule has 5 nitrogen and oxygen atoms in total. The minimum absolute atomic E-state index is 0.0713. The second-order valence-electron chi connectivity index (χ2n) is 7.85. The molecule has 1 aliphatic rings. The van der Waals surface area contributed by atoms with E-state index in [0.29, 0.717) is 33.8 Å². The van der Waals surface area contributed by atoms with E-state index in [9.17, 15) is 9.59 Å². The highest BCUT2D eigenvalue weighted by atomic mass is 35.5. The summed E-state index contributed by atoms with van der Waals surface area (Å²) in [5.74, 6) is -0.250. The highest BCUT2D eigenvalue weighted by Crippen LogP contribution is 2.38. The van der Waals surface area contributed by atoms with E-state index in [1.165, 1.54) is 0 Å². The van der Waals surface area contributed by atoms with Crippen molar-refractivity contribution in [3.8, 4) is 0 Å². The number of aryl methyl sites for hydroxylation is 2. The van der Waals surface area contributed by atoms with Crippen LogP contribution in [-0.4, -0.2) is 15.8 Å². The zero-order valence-electron chi connectivity index (χ0n) is 17.1. The molecule has 0 spiro atoms. The van der Waals surface area contributed by atoms with Gasteiger partial charge in [0, 0.05) is 17.8 Å². The summed E-state index contributed by atoms with van der Waals surface area (Å²) >= 11 is 6.27. The lowest BCUT2D eigenvalue weighted by Gasteiger charge is -2.24. The van der Waals surface area contributed by atoms with Gasteiger partial charge in [0.15, 0.2) is 5.43 Å². The predicted octanol–water partition coefficient (Wildman–Crippen LogP) is 5.20. The molecule has 1 aliphatic heterocycles. The van der Waals surface area contributed by atoms with Gasteiger partial charge in [0.05, 0.1) is 16.6 Å². The average molecular weight is 431 g/mol. The zero-order valence-corrected chi connectivity index (χ0v) is 17.8. The number of carbonyl (C=O) groups excluding carboxylic acids is 1. The number of aromatic nitrogens is 1. The molecule has 2 aromatic heterocycles. The van der Waals surface area contributed by atoms with Gasteiger partial charge < -0.3 is 9.32 Å². The molecular weight excluding hydrogens is 412 g/mol. The van der Waals surface area contributed by atoms with Gasteiger partial charge in [-0.05, 0) is 49.2 Å². The molecule has 2 aromatic carbocycles. The van der Waals surface area contributed by atoms with Crippen LogP contribution in [0.3, 0.4) is 0 Å². The van der Waals surface area contributed by atoms with E-state index in [-0.39, 0.29) is 17.1 Å². The third-order valence-corrected chi connectivity index (χ3v) is 6.10. The summed E-state index contributed by atoms with van der Waals surface area (Å²) in [6.07, 6.45) is 1.66. The van der Waals surface area contributed by atoms with E-state index in [2.05, 4.69) is 4.98 Å². The Labute approximate surface area is 183 Å². The molecule has 1 amide bonds. The summed E-state index contributed by atoms with van der Waals surface area (Å²) in [7, 11) is 0. The molecule has 1 atom stereocenters. The lowest BCUT2D eigenvalue weighted by Crippen LogP contribution is -2.29. The molecule has 0 radical (unpaired) electrons. The number of hydrogen-bond donors (Lipinski definition) is 0. The van der Waals surface area contributed by atoms with Crippen molar-refractivity contribution in [2.24, 2.45) is 0 Å². The summed E-state index contributed by atoms with van der Waals surface area (Å²) in [5.41, 5.74) is 3.90. The van der Waals surface area contributed by atoms with Crippen LogP contribution in [0.25, 0.3) is 11.0 Å². The van der Waals surface area contributed by atoms with Crippen LogP contribution < -0.4 is 5.43 Å². The van der Waals surface area contributed by atoms with Crippen LogP contribution in [0.5, 0.6) is 0 Å². The Bertz CT molecular complexity index is 1380. The van der Waals surface area contributed by atoms with Gasteiger partial charge in [0.25, 0.3) is 5.91 Å². The highest BCUT2D eigenvalue weighted by molar-refractivity contribution is 6.32. The number of fused-ring (bicyclic) bond motifs is 2. The number of benzene rings is 2. The maximum Gasteiger partial charge on any atom is 0.291 e. The molecule has 31 heavy (non-hydrogen) atoms. The topological polar surface area (TPSA) is 63.4 Å². The SMILES string of the molecule is Cc1ccc(CN2C(=O)c3oc4cc(C)c(Cl)cc4c(=O)c3C2c2ccccn2)cc1. The van der Waals surface area contributed by atoms with Crippen LogP contribution in [0.2, 0.25) is 5.02 Å².